The Hall–Kier alpha value is -2.40. The Labute approximate surface area is 164 Å². The Morgan fingerprint density at radius 2 is 1.86 bits per heavy atom. The van der Waals surface area contributed by atoms with Crippen LogP contribution in [0.4, 0.5) is 0 Å². The van der Waals surface area contributed by atoms with Gasteiger partial charge in [-0.15, -0.1) is 0 Å². The molecule has 5 rings (SSSR count). The number of amides is 1. The fourth-order valence-corrected chi connectivity index (χ4v) is 5.51. The van der Waals surface area contributed by atoms with Crippen LogP contribution in [-0.2, 0) is 12.8 Å². The van der Waals surface area contributed by atoms with Gasteiger partial charge in [-0.05, 0) is 80.7 Å². The molecule has 2 bridgehead atoms. The number of aliphatic hydroxyl groups is 1. The van der Waals surface area contributed by atoms with E-state index in [2.05, 4.69) is 6.07 Å². The van der Waals surface area contributed by atoms with E-state index < -0.39 is 0 Å². The molecule has 2 saturated heterocycles. The Morgan fingerprint density at radius 3 is 2.61 bits per heavy atom. The first-order valence-corrected chi connectivity index (χ1v) is 10.4. The molecule has 0 radical (unpaired) electrons. The van der Waals surface area contributed by atoms with Crippen molar-refractivity contribution in [2.24, 2.45) is 0 Å². The molecule has 3 aliphatic rings. The van der Waals surface area contributed by atoms with Crippen LogP contribution in [0.15, 0.2) is 35.3 Å². The van der Waals surface area contributed by atoms with Gasteiger partial charge in [0.25, 0.3) is 11.5 Å². The van der Waals surface area contributed by atoms with Gasteiger partial charge in [-0.1, -0.05) is 12.1 Å². The van der Waals surface area contributed by atoms with E-state index in [-0.39, 0.29) is 35.2 Å². The molecule has 1 unspecified atom stereocenters. The van der Waals surface area contributed by atoms with Gasteiger partial charge < -0.3 is 10.0 Å². The topological polar surface area (TPSA) is 62.5 Å². The molecule has 0 spiro atoms. The average molecular weight is 378 g/mol. The van der Waals surface area contributed by atoms with Crippen molar-refractivity contribution in [1.29, 1.82) is 0 Å². The summed E-state index contributed by atoms with van der Waals surface area (Å²) in [6, 6.07) is 8.09. The monoisotopic (exact) mass is 378 g/mol. The van der Waals surface area contributed by atoms with Crippen LogP contribution in [0.5, 0.6) is 0 Å². The number of benzene rings is 1. The summed E-state index contributed by atoms with van der Waals surface area (Å²) in [5.41, 5.74) is 4.23. The largest absolute Gasteiger partial charge is 0.393 e. The number of aromatic nitrogens is 1. The molecule has 1 aromatic carbocycles. The lowest BCUT2D eigenvalue weighted by atomic mass is 9.98. The van der Waals surface area contributed by atoms with Gasteiger partial charge in [0, 0.05) is 18.3 Å². The second-order valence-corrected chi connectivity index (χ2v) is 8.54. The molecule has 5 heteroatoms. The molecule has 5 nitrogen and oxygen atoms in total. The predicted octanol–water partition coefficient (Wildman–Crippen LogP) is 2.76. The van der Waals surface area contributed by atoms with Crippen LogP contribution in [0.25, 0.3) is 5.69 Å². The van der Waals surface area contributed by atoms with Crippen LogP contribution in [0.2, 0.25) is 0 Å². The molecule has 0 saturated carbocycles. The third-order valence-electron chi connectivity index (χ3n) is 6.84. The van der Waals surface area contributed by atoms with Gasteiger partial charge in [-0.2, -0.15) is 0 Å². The van der Waals surface area contributed by atoms with Crippen LogP contribution in [0, 0.1) is 6.92 Å². The molecule has 2 aromatic rings. The quantitative estimate of drug-likeness (QED) is 0.874. The number of fused-ring (bicyclic) bond motifs is 3. The van der Waals surface area contributed by atoms with Gasteiger partial charge in [0.1, 0.15) is 5.56 Å². The normalized spacial score (nSPS) is 25.8. The smallest absolute Gasteiger partial charge is 0.268 e. The number of aryl methyl sites for hydroxylation is 2. The number of rotatable bonds is 2. The van der Waals surface area contributed by atoms with Crippen molar-refractivity contribution in [3.05, 3.63) is 63.1 Å². The highest BCUT2D eigenvalue weighted by Crippen LogP contribution is 2.37. The summed E-state index contributed by atoms with van der Waals surface area (Å²) in [6.07, 6.45) is 7.68. The summed E-state index contributed by atoms with van der Waals surface area (Å²) in [7, 11) is 0. The molecule has 3 heterocycles. The van der Waals surface area contributed by atoms with E-state index in [1.807, 2.05) is 30.0 Å². The van der Waals surface area contributed by atoms with E-state index in [1.54, 1.807) is 10.8 Å². The second kappa shape index (κ2) is 6.59. The maximum Gasteiger partial charge on any atom is 0.268 e. The third kappa shape index (κ3) is 2.64. The number of aliphatic hydroxyl groups excluding tert-OH is 1. The summed E-state index contributed by atoms with van der Waals surface area (Å²) in [5, 5.41) is 10.0. The first-order chi connectivity index (χ1) is 13.5. The minimum atomic E-state index is -0.331. The van der Waals surface area contributed by atoms with E-state index in [4.69, 9.17) is 0 Å². The summed E-state index contributed by atoms with van der Waals surface area (Å²) >= 11 is 0. The number of pyridine rings is 1. The van der Waals surface area contributed by atoms with Gasteiger partial charge in [-0.25, -0.2) is 0 Å². The molecule has 1 aromatic heterocycles. The number of hydrogen-bond acceptors (Lipinski definition) is 3. The zero-order valence-electron chi connectivity index (χ0n) is 16.2. The summed E-state index contributed by atoms with van der Waals surface area (Å²) in [5.74, 6) is -0.163. The Balaban J connectivity index is 1.59. The Morgan fingerprint density at radius 1 is 1.11 bits per heavy atom. The first-order valence-electron chi connectivity index (χ1n) is 10.4. The van der Waals surface area contributed by atoms with E-state index in [0.717, 1.165) is 43.4 Å². The predicted molar refractivity (Wildman–Crippen MR) is 107 cm³/mol. The zero-order chi connectivity index (χ0) is 19.4. The maximum absolute atomic E-state index is 13.5. The van der Waals surface area contributed by atoms with Crippen molar-refractivity contribution in [1.82, 2.24) is 9.47 Å². The minimum absolute atomic E-state index is 0.0506. The van der Waals surface area contributed by atoms with Gasteiger partial charge in [0.2, 0.25) is 0 Å². The minimum Gasteiger partial charge on any atom is -0.393 e. The van der Waals surface area contributed by atoms with Crippen LogP contribution < -0.4 is 5.56 Å². The molecular weight excluding hydrogens is 352 g/mol. The van der Waals surface area contributed by atoms with Gasteiger partial charge in [-0.3, -0.25) is 14.2 Å². The van der Waals surface area contributed by atoms with Crippen LogP contribution in [-0.4, -0.2) is 38.7 Å². The van der Waals surface area contributed by atoms with Crippen LogP contribution in [0.1, 0.15) is 59.2 Å². The number of piperidine rings is 1. The summed E-state index contributed by atoms with van der Waals surface area (Å²) < 4.78 is 1.66. The molecule has 2 aliphatic heterocycles. The SMILES string of the molecule is Cc1ccn(-c2cccc3c2CCC3)c(=O)c1C(=O)N1[C@@H]2CC[C@H]1CC(O)C2. The van der Waals surface area contributed by atoms with Crippen molar-refractivity contribution in [2.75, 3.05) is 0 Å². The highest BCUT2D eigenvalue weighted by molar-refractivity contribution is 5.96. The fraction of sp³-hybridized carbons (Fsp3) is 0.478. The number of nitrogens with zero attached hydrogens (tertiary/aromatic N) is 2. The molecule has 1 N–H and O–H groups in total. The molecule has 146 valence electrons. The standard InChI is InChI=1S/C23H26N2O3/c1-14-10-11-24(20-7-3-5-15-4-2-6-19(15)20)22(27)21(14)23(28)25-16-8-9-17(25)13-18(26)12-16/h3,5,7,10-11,16-18,26H,2,4,6,8-9,12-13H2,1H3/t16-,17+,18?. The van der Waals surface area contributed by atoms with Crippen LogP contribution in [0.3, 0.4) is 0 Å². The van der Waals surface area contributed by atoms with E-state index in [9.17, 15) is 14.7 Å². The van der Waals surface area contributed by atoms with Gasteiger partial charge >= 0.3 is 0 Å². The van der Waals surface area contributed by atoms with E-state index in [0.29, 0.717) is 12.8 Å². The number of hydrogen-bond donors (Lipinski definition) is 1. The van der Waals surface area contributed by atoms with Crippen molar-refractivity contribution in [2.45, 2.75) is 70.1 Å². The van der Waals surface area contributed by atoms with E-state index >= 15 is 0 Å². The molecule has 3 atom stereocenters. The maximum atomic E-state index is 13.5. The molecule has 28 heavy (non-hydrogen) atoms. The number of carbonyl (C=O) groups excluding carboxylic acids is 1. The van der Waals surface area contributed by atoms with Gasteiger partial charge in [0.15, 0.2) is 0 Å². The zero-order valence-corrected chi connectivity index (χ0v) is 16.2. The third-order valence-corrected chi connectivity index (χ3v) is 6.84. The summed E-state index contributed by atoms with van der Waals surface area (Å²) in [6.45, 7) is 1.84. The highest BCUT2D eigenvalue weighted by atomic mass is 16.3. The molecule has 2 fully saturated rings. The van der Waals surface area contributed by atoms with Crippen molar-refractivity contribution < 1.29 is 9.90 Å². The average Bonchev–Trinajstić information content (AvgIpc) is 3.24. The summed E-state index contributed by atoms with van der Waals surface area (Å²) in [4.78, 5) is 28.8. The molecule has 1 amide bonds. The Kier molecular flexibility index (Phi) is 4.16. The van der Waals surface area contributed by atoms with Crippen molar-refractivity contribution in [3.63, 3.8) is 0 Å². The Bertz CT molecular complexity index is 995. The van der Waals surface area contributed by atoms with Crippen molar-refractivity contribution in [3.8, 4) is 5.69 Å². The lowest BCUT2D eigenvalue weighted by molar-refractivity contribution is 0.0285. The number of carbonyl (C=O) groups is 1. The molecular formula is C23H26N2O3. The highest BCUT2D eigenvalue weighted by Gasteiger charge is 2.43. The van der Waals surface area contributed by atoms with Gasteiger partial charge in [0.05, 0.1) is 11.8 Å². The van der Waals surface area contributed by atoms with Crippen molar-refractivity contribution >= 4 is 5.91 Å². The molecule has 1 aliphatic carbocycles. The van der Waals surface area contributed by atoms with Crippen LogP contribution >= 0.6 is 0 Å². The fourth-order valence-electron chi connectivity index (χ4n) is 5.51. The second-order valence-electron chi connectivity index (χ2n) is 8.54. The lowest BCUT2D eigenvalue weighted by Crippen LogP contribution is -2.49. The lowest BCUT2D eigenvalue weighted by Gasteiger charge is -2.37. The van der Waals surface area contributed by atoms with E-state index in [1.165, 1.54) is 11.1 Å². The first kappa shape index (κ1) is 17.7.